The number of carbonyl (C=O) groups is 9. The van der Waals surface area contributed by atoms with Crippen LogP contribution in [-0.4, -0.2) is 579 Å². The van der Waals surface area contributed by atoms with Gasteiger partial charge in [-0.3, -0.25) is 48.1 Å². The molecule has 7 fully saturated rings. The molecular formula is C89H157N9O49. The van der Waals surface area contributed by atoms with E-state index in [1.165, 1.54) is 14.7 Å². The van der Waals surface area contributed by atoms with Gasteiger partial charge in [-0.25, -0.2) is 0 Å². The first-order valence-electron chi connectivity index (χ1n) is 49.8. The monoisotopic (exact) mass is 2140 g/mol. The van der Waals surface area contributed by atoms with Gasteiger partial charge in [0, 0.05) is 97.4 Å². The van der Waals surface area contributed by atoms with Crippen molar-refractivity contribution < 1.29 is 242 Å². The van der Waals surface area contributed by atoms with Gasteiger partial charge >= 0.3 is 0 Å². The fourth-order valence-electron chi connectivity index (χ4n) is 16.8. The lowest BCUT2D eigenvalue weighted by atomic mass is 9.96. The summed E-state index contributed by atoms with van der Waals surface area (Å²) in [6.45, 7) is -8.29. The highest BCUT2D eigenvalue weighted by Crippen LogP contribution is 2.34. The van der Waals surface area contributed by atoms with E-state index in [4.69, 9.17) is 66.3 Å². The van der Waals surface area contributed by atoms with Gasteiger partial charge in [0.2, 0.25) is 47.3 Å². The Balaban J connectivity index is 0.961. The number of carbonyl (C=O) groups excluding carboxylic acids is 9. The molecule has 58 nitrogen and oxygen atoms in total. The third-order valence-electron chi connectivity index (χ3n) is 25.9. The zero-order chi connectivity index (χ0) is 108. The normalized spacial score (nSPS) is 33.8. The van der Waals surface area contributed by atoms with Gasteiger partial charge in [0.25, 0.3) is 0 Å². The summed E-state index contributed by atoms with van der Waals surface area (Å²) in [7, 11) is 0. The van der Waals surface area contributed by atoms with E-state index in [2.05, 4.69) is 31.9 Å². The van der Waals surface area contributed by atoms with Gasteiger partial charge in [-0.2, -0.15) is 0 Å². The van der Waals surface area contributed by atoms with Crippen molar-refractivity contribution in [1.29, 1.82) is 0 Å². The first-order chi connectivity index (χ1) is 70.2. The van der Waals surface area contributed by atoms with Gasteiger partial charge in [0.1, 0.15) is 183 Å². The standard InChI is InChI=1S/C89H157N9O49/c1-2-45(105)15-7-3-11-22-91-56(108)35-96(36-57(109)92-23-12-4-8-16-54(106)93-25-30-134-88-80(132)81(147-89-79(131)73(125)66(118)52(43-104)145-89)67(119)53(146-88)44-139-87-78(130)72(124)65(117)51(42-103)144-87)37-58(110)95-46(82(133)94-24-14-6-10-18-60(112)98(28-33-137-85-76(128)70(122)63(115)49(40-101)142-85)29-34-138-86-77(129)71(123)64(116)50(41-102)143-86)19-20-55(107)90-21-13-5-9-17-59(111)97(26-31-135-83-74(126)68(120)61(113)47(38-99)140-83)27-32-136-84-75(127)69(121)62(114)48(39-100)141-84/h46-53,61-81,83-89,99-104,113-132H,2-44H2,1H3,(H,90,107)(H,91,108)(H,92,109)(H,93,106)(H,94,133)(H,95,110)/t46-,47+,48+,49+,50+,51+,52+,53+,61+,62+,63+,64+,65+,66+,67+,68-,69-,70-,71-,72-,73-,74-,75-,76-,77-,78-,79-,80-,81-,83-,84-,85-,86-,87-,88-,89+/m0/s1. The summed E-state index contributed by atoms with van der Waals surface area (Å²) in [5, 5.41) is 285. The van der Waals surface area contributed by atoms with Crippen molar-refractivity contribution >= 4 is 53.0 Å². The minimum Gasteiger partial charge on any atom is -0.394 e. The van der Waals surface area contributed by atoms with Crippen LogP contribution in [0.15, 0.2) is 0 Å². The molecule has 0 spiro atoms. The minimum atomic E-state index is -2.01. The lowest BCUT2D eigenvalue weighted by molar-refractivity contribution is -0.366. The van der Waals surface area contributed by atoms with Crippen LogP contribution >= 0.6 is 0 Å². The van der Waals surface area contributed by atoms with Gasteiger partial charge in [0.15, 0.2) is 44.0 Å². The molecule has 852 valence electrons. The number of Topliss-reactive ketones (excluding diaryl/α,β-unsaturated/α-hetero) is 1. The van der Waals surface area contributed by atoms with Gasteiger partial charge in [-0.15, -0.1) is 0 Å². The van der Waals surface area contributed by atoms with Crippen LogP contribution in [0.2, 0.25) is 0 Å². The molecule has 32 N–H and O–H groups in total. The Morgan fingerprint density at radius 1 is 0.279 bits per heavy atom. The number of ketones is 1. The third kappa shape index (κ3) is 40.2. The average molecular weight is 2140 g/mol. The summed E-state index contributed by atoms with van der Waals surface area (Å²) < 4.78 is 77.9. The number of amides is 8. The Labute approximate surface area is 846 Å². The van der Waals surface area contributed by atoms with Crippen molar-refractivity contribution in [3.63, 3.8) is 0 Å². The van der Waals surface area contributed by atoms with Crippen LogP contribution < -0.4 is 31.9 Å². The van der Waals surface area contributed by atoms with E-state index in [-0.39, 0.29) is 168 Å². The first-order valence-corrected chi connectivity index (χ1v) is 49.8. The molecule has 8 amide bonds. The van der Waals surface area contributed by atoms with Crippen molar-refractivity contribution in [2.45, 2.75) is 350 Å². The first kappa shape index (κ1) is 128. The summed E-state index contributed by atoms with van der Waals surface area (Å²) in [5.41, 5.74) is 0. The molecule has 0 unspecified atom stereocenters. The van der Waals surface area contributed by atoms with Gasteiger partial charge in [-0.1, -0.05) is 32.6 Å². The zero-order valence-electron chi connectivity index (χ0n) is 82.0. The van der Waals surface area contributed by atoms with E-state index in [0.717, 1.165) is 0 Å². The van der Waals surface area contributed by atoms with E-state index in [0.29, 0.717) is 51.4 Å². The maximum atomic E-state index is 14.3. The molecule has 7 aliphatic heterocycles. The molecule has 0 aromatic heterocycles. The molecular weight excluding hydrogens is 1980 g/mol. The Morgan fingerprint density at radius 3 is 0.939 bits per heavy atom. The highest BCUT2D eigenvalue weighted by atomic mass is 16.8. The zero-order valence-corrected chi connectivity index (χ0v) is 82.0. The van der Waals surface area contributed by atoms with Crippen LogP contribution in [0.4, 0.5) is 0 Å². The number of ether oxygens (including phenoxy) is 14. The molecule has 0 saturated carbocycles. The molecule has 7 saturated heterocycles. The second-order valence-corrected chi connectivity index (χ2v) is 36.9. The number of hydrogen-bond acceptors (Lipinski definition) is 50. The van der Waals surface area contributed by atoms with Crippen LogP contribution in [0.5, 0.6) is 0 Å². The maximum Gasteiger partial charge on any atom is 0.242 e. The Kier molecular flexibility index (Phi) is 58.0. The lowest BCUT2D eigenvalue weighted by Gasteiger charge is -2.46. The van der Waals surface area contributed by atoms with Crippen molar-refractivity contribution in [3.8, 4) is 0 Å². The summed E-state index contributed by atoms with van der Waals surface area (Å²) in [5.74, 6) is -4.97. The van der Waals surface area contributed by atoms with Crippen LogP contribution in [0.1, 0.15) is 129 Å². The number of aliphatic hydroxyl groups is 26. The molecule has 0 bridgehead atoms. The Morgan fingerprint density at radius 2 is 0.571 bits per heavy atom. The fourth-order valence-corrected chi connectivity index (χ4v) is 16.8. The van der Waals surface area contributed by atoms with E-state index in [1.54, 1.807) is 6.92 Å². The summed E-state index contributed by atoms with van der Waals surface area (Å²) >= 11 is 0. The lowest BCUT2D eigenvalue weighted by Crippen LogP contribution is -2.65. The molecule has 0 aromatic rings. The highest BCUT2D eigenvalue weighted by Gasteiger charge is 2.54. The van der Waals surface area contributed by atoms with Gasteiger partial charge in [0.05, 0.1) is 98.9 Å². The number of nitrogens with one attached hydrogen (secondary N) is 6. The number of hydrogen-bond donors (Lipinski definition) is 32. The quantitative estimate of drug-likeness (QED) is 0.0251. The number of rotatable bonds is 67. The molecule has 0 aromatic carbocycles. The molecule has 7 heterocycles. The predicted molar refractivity (Wildman–Crippen MR) is 489 cm³/mol. The Bertz CT molecular complexity index is 3730. The van der Waals surface area contributed by atoms with Crippen LogP contribution in [0.25, 0.3) is 0 Å². The molecule has 36 atom stereocenters. The molecule has 0 radical (unpaired) electrons. The summed E-state index contributed by atoms with van der Waals surface area (Å²) in [6, 6.07) is -1.47. The predicted octanol–water partition coefficient (Wildman–Crippen LogP) is -17.3. The van der Waals surface area contributed by atoms with E-state index in [1.807, 2.05) is 0 Å². The molecule has 7 aliphatic rings. The largest absolute Gasteiger partial charge is 0.394 e. The van der Waals surface area contributed by atoms with E-state index >= 15 is 0 Å². The van der Waals surface area contributed by atoms with Crippen molar-refractivity contribution in [2.24, 2.45) is 0 Å². The van der Waals surface area contributed by atoms with Crippen molar-refractivity contribution in [3.05, 3.63) is 0 Å². The number of nitrogens with zero attached hydrogens (tertiary/aromatic N) is 3. The van der Waals surface area contributed by atoms with Gasteiger partial charge in [-0.05, 0) is 57.8 Å². The maximum absolute atomic E-state index is 14.3. The summed E-state index contributed by atoms with van der Waals surface area (Å²) in [6.07, 6.45) is -55.7. The number of unbranched alkanes of at least 4 members (excludes halogenated alkanes) is 8. The molecule has 147 heavy (non-hydrogen) atoms. The summed E-state index contributed by atoms with van der Waals surface area (Å²) in [4.78, 5) is 126. The number of aliphatic hydroxyl groups excluding tert-OH is 26. The van der Waals surface area contributed by atoms with Crippen LogP contribution in [0, 0.1) is 0 Å². The smallest absolute Gasteiger partial charge is 0.242 e. The third-order valence-corrected chi connectivity index (χ3v) is 25.9. The van der Waals surface area contributed by atoms with Crippen molar-refractivity contribution in [1.82, 2.24) is 46.6 Å². The highest BCUT2D eigenvalue weighted by molar-refractivity contribution is 5.90. The molecule has 7 rings (SSSR count). The molecule has 0 aliphatic carbocycles. The SMILES string of the molecule is CCC(=O)CCCCCNC(=O)CN(CC(=O)NCCCCCC(=O)NCCO[C@H]1O[C@H](CO[C@H]2O[C@H](CO)[C@@H](O)[C@H](O)[C@@H]2O)[C@@H](O)[C@H](O[C@H]2O[C@H](CO)[C@@H](O)[C@H](O)[C@@H]2O)[C@@H]1O)CC(=O)N[C@@H](CCC(=O)NCCCCCC(=O)N(CCO[C@H]1O[C@H](CO)[C@@H](O)[C@H](O)[C@@H]1O)CCO[C@H]1O[C@H](CO)[C@@H](O)[C@H](O)[C@@H]1O)C(=O)NCCCCCC(=O)N(CCO[C@H]1O[C@H](CO)[C@@H](O)[C@H](O)[C@@H]1O)CCO[C@H]1O[C@H](CO)[C@@H](O)[C@H](O)[C@@H]1O. The molecule has 58 heteroatoms. The van der Waals surface area contributed by atoms with Crippen LogP contribution in [0.3, 0.4) is 0 Å². The Hall–Kier alpha value is -6.21. The van der Waals surface area contributed by atoms with Crippen LogP contribution in [-0.2, 0) is 109 Å². The second-order valence-electron chi connectivity index (χ2n) is 36.9. The average Bonchev–Trinajstić information content (AvgIpc) is 0.769. The fraction of sp³-hybridized carbons (Fsp3) is 0.899. The van der Waals surface area contributed by atoms with Crippen molar-refractivity contribution in [2.75, 3.05) is 158 Å². The van der Waals surface area contributed by atoms with E-state index < -0.39 is 334 Å². The van der Waals surface area contributed by atoms with E-state index in [9.17, 15) is 176 Å². The van der Waals surface area contributed by atoms with Gasteiger partial charge < -0.3 is 241 Å². The minimum absolute atomic E-state index is 0.0290. The second kappa shape index (κ2) is 66.8. The topological polar surface area (TPSA) is 891 Å².